The van der Waals surface area contributed by atoms with Crippen molar-refractivity contribution in [1.29, 1.82) is 0 Å². The molecule has 2 aromatic heterocycles. The van der Waals surface area contributed by atoms with Crippen LogP contribution in [0.25, 0.3) is 16.9 Å². The number of phenolic OH excluding ortho intramolecular Hbond substituents is 1. The van der Waals surface area contributed by atoms with E-state index in [4.69, 9.17) is 0 Å². The molecule has 3 rings (SSSR count). The van der Waals surface area contributed by atoms with Gasteiger partial charge in [0.25, 0.3) is 0 Å². The summed E-state index contributed by atoms with van der Waals surface area (Å²) in [6.07, 6.45) is 2.07. The van der Waals surface area contributed by atoms with E-state index in [2.05, 4.69) is 45.1 Å². The van der Waals surface area contributed by atoms with E-state index >= 15 is 0 Å². The quantitative estimate of drug-likeness (QED) is 0.681. The molecule has 0 atom stereocenters. The zero-order valence-electron chi connectivity index (χ0n) is 9.76. The number of aryl methyl sites for hydroxylation is 1. The van der Waals surface area contributed by atoms with Crippen molar-refractivity contribution < 1.29 is 5.11 Å². The summed E-state index contributed by atoms with van der Waals surface area (Å²) in [5.41, 5.74) is 4.02. The van der Waals surface area contributed by atoms with Gasteiger partial charge in [0.2, 0.25) is 0 Å². The Labute approximate surface area is 118 Å². The molecular formula is C14H11IN2O. The van der Waals surface area contributed by atoms with E-state index in [0.29, 0.717) is 0 Å². The van der Waals surface area contributed by atoms with Gasteiger partial charge in [-0.15, -0.1) is 0 Å². The predicted molar refractivity (Wildman–Crippen MR) is 79.7 cm³/mol. The summed E-state index contributed by atoms with van der Waals surface area (Å²) in [4.78, 5) is 4.63. The Kier molecular flexibility index (Phi) is 2.74. The van der Waals surface area contributed by atoms with Crippen LogP contribution in [0.1, 0.15) is 5.69 Å². The predicted octanol–water partition coefficient (Wildman–Crippen LogP) is 3.62. The summed E-state index contributed by atoms with van der Waals surface area (Å²) in [6, 6.07) is 11.2. The van der Waals surface area contributed by atoms with Crippen molar-refractivity contribution in [1.82, 2.24) is 9.38 Å². The van der Waals surface area contributed by atoms with Crippen LogP contribution >= 0.6 is 22.6 Å². The first-order valence-corrected chi connectivity index (χ1v) is 6.66. The fraction of sp³-hybridized carbons (Fsp3) is 0.0714. The highest BCUT2D eigenvalue weighted by Gasteiger charge is 2.10. The monoisotopic (exact) mass is 350 g/mol. The summed E-state index contributed by atoms with van der Waals surface area (Å²) in [5, 5.41) is 9.32. The molecule has 0 aliphatic heterocycles. The average Bonchev–Trinajstić information content (AvgIpc) is 2.68. The standard InChI is InChI=1S/C14H11IN2O/c1-9-14(10-2-5-12(18)6-3-10)16-13-7-4-11(15)8-17(9)13/h2-8,18H,1H3. The largest absolute Gasteiger partial charge is 0.508 e. The molecule has 0 saturated heterocycles. The number of benzene rings is 1. The lowest BCUT2D eigenvalue weighted by Crippen LogP contribution is -1.88. The van der Waals surface area contributed by atoms with Crippen molar-refractivity contribution in [3.05, 3.63) is 51.9 Å². The van der Waals surface area contributed by atoms with Gasteiger partial charge in [-0.25, -0.2) is 4.98 Å². The van der Waals surface area contributed by atoms with Gasteiger partial charge in [0, 0.05) is 21.0 Å². The Balaban J connectivity index is 2.23. The van der Waals surface area contributed by atoms with Crippen LogP contribution in [-0.4, -0.2) is 14.5 Å². The molecule has 4 heteroatoms. The highest BCUT2D eigenvalue weighted by molar-refractivity contribution is 14.1. The minimum atomic E-state index is 0.273. The Morgan fingerprint density at radius 2 is 1.83 bits per heavy atom. The van der Waals surface area contributed by atoms with Crippen LogP contribution in [0.2, 0.25) is 0 Å². The number of phenols is 1. The molecule has 90 valence electrons. The van der Waals surface area contributed by atoms with Gasteiger partial charge in [-0.1, -0.05) is 0 Å². The third kappa shape index (κ3) is 1.86. The number of halogens is 1. The topological polar surface area (TPSA) is 37.5 Å². The molecular weight excluding hydrogens is 339 g/mol. The number of fused-ring (bicyclic) bond motifs is 1. The van der Waals surface area contributed by atoms with Crippen molar-refractivity contribution in [2.45, 2.75) is 6.92 Å². The zero-order valence-corrected chi connectivity index (χ0v) is 11.9. The lowest BCUT2D eigenvalue weighted by atomic mass is 10.1. The molecule has 0 unspecified atom stereocenters. The van der Waals surface area contributed by atoms with Crippen LogP contribution < -0.4 is 0 Å². The summed E-state index contributed by atoms with van der Waals surface area (Å²) in [5.74, 6) is 0.273. The molecule has 0 fully saturated rings. The number of rotatable bonds is 1. The van der Waals surface area contributed by atoms with Gasteiger partial charge in [0.15, 0.2) is 0 Å². The molecule has 1 aromatic carbocycles. The second kappa shape index (κ2) is 4.28. The molecule has 1 N–H and O–H groups in total. The normalized spacial score (nSPS) is 11.0. The first kappa shape index (κ1) is 11.5. The van der Waals surface area contributed by atoms with E-state index in [-0.39, 0.29) is 5.75 Å². The summed E-state index contributed by atoms with van der Waals surface area (Å²) in [7, 11) is 0. The third-order valence-corrected chi connectivity index (χ3v) is 3.60. The van der Waals surface area contributed by atoms with Gasteiger partial charge in [-0.05, 0) is 65.9 Å². The molecule has 0 bridgehead atoms. The van der Waals surface area contributed by atoms with Crippen LogP contribution in [0.4, 0.5) is 0 Å². The van der Waals surface area contributed by atoms with Crippen LogP contribution in [-0.2, 0) is 0 Å². The van der Waals surface area contributed by atoms with E-state index in [1.165, 1.54) is 3.57 Å². The third-order valence-electron chi connectivity index (χ3n) is 2.96. The first-order chi connectivity index (χ1) is 8.65. The Hall–Kier alpha value is -1.56. The maximum atomic E-state index is 9.32. The fourth-order valence-electron chi connectivity index (χ4n) is 2.03. The highest BCUT2D eigenvalue weighted by atomic mass is 127. The van der Waals surface area contributed by atoms with Crippen molar-refractivity contribution in [2.75, 3.05) is 0 Å². The summed E-state index contributed by atoms with van der Waals surface area (Å²) in [6.45, 7) is 2.05. The van der Waals surface area contributed by atoms with Crippen molar-refractivity contribution in [3.8, 4) is 17.0 Å². The second-order valence-electron chi connectivity index (χ2n) is 4.17. The van der Waals surface area contributed by atoms with Gasteiger partial charge in [0.1, 0.15) is 11.4 Å². The Morgan fingerprint density at radius 1 is 1.11 bits per heavy atom. The van der Waals surface area contributed by atoms with Crippen molar-refractivity contribution in [3.63, 3.8) is 0 Å². The van der Waals surface area contributed by atoms with E-state index in [1.54, 1.807) is 12.1 Å². The lowest BCUT2D eigenvalue weighted by Gasteiger charge is -2.00. The smallest absolute Gasteiger partial charge is 0.137 e. The zero-order chi connectivity index (χ0) is 12.7. The number of hydrogen-bond acceptors (Lipinski definition) is 2. The summed E-state index contributed by atoms with van der Waals surface area (Å²) < 4.78 is 3.27. The number of nitrogens with zero attached hydrogens (tertiary/aromatic N) is 2. The van der Waals surface area contributed by atoms with Crippen LogP contribution in [0.3, 0.4) is 0 Å². The molecule has 2 heterocycles. The molecule has 0 saturated carbocycles. The maximum absolute atomic E-state index is 9.32. The number of aromatic nitrogens is 2. The minimum Gasteiger partial charge on any atom is -0.508 e. The molecule has 18 heavy (non-hydrogen) atoms. The molecule has 3 aromatic rings. The minimum absolute atomic E-state index is 0.273. The van der Waals surface area contributed by atoms with Gasteiger partial charge in [0.05, 0.1) is 5.69 Å². The van der Waals surface area contributed by atoms with Gasteiger partial charge in [-0.2, -0.15) is 0 Å². The highest BCUT2D eigenvalue weighted by Crippen LogP contribution is 2.25. The first-order valence-electron chi connectivity index (χ1n) is 5.59. The van der Waals surface area contributed by atoms with Gasteiger partial charge < -0.3 is 9.51 Å². The molecule has 3 nitrogen and oxygen atoms in total. The van der Waals surface area contributed by atoms with Crippen molar-refractivity contribution in [2.24, 2.45) is 0 Å². The van der Waals surface area contributed by atoms with E-state index in [0.717, 1.165) is 22.6 Å². The van der Waals surface area contributed by atoms with Gasteiger partial charge >= 0.3 is 0 Å². The van der Waals surface area contributed by atoms with Gasteiger partial charge in [-0.3, -0.25) is 0 Å². The van der Waals surface area contributed by atoms with Crippen LogP contribution in [0.5, 0.6) is 5.75 Å². The van der Waals surface area contributed by atoms with E-state index < -0.39 is 0 Å². The fourth-order valence-corrected chi connectivity index (χ4v) is 2.49. The molecule has 0 aliphatic carbocycles. The average molecular weight is 350 g/mol. The number of aromatic hydroxyl groups is 1. The second-order valence-corrected chi connectivity index (χ2v) is 5.41. The Morgan fingerprint density at radius 3 is 2.56 bits per heavy atom. The molecule has 0 radical (unpaired) electrons. The summed E-state index contributed by atoms with van der Waals surface area (Å²) >= 11 is 2.29. The SMILES string of the molecule is Cc1c(-c2ccc(O)cc2)nc2ccc(I)cn12. The van der Waals surface area contributed by atoms with E-state index in [9.17, 15) is 5.11 Å². The van der Waals surface area contributed by atoms with Crippen LogP contribution in [0.15, 0.2) is 42.6 Å². The molecule has 0 amide bonds. The lowest BCUT2D eigenvalue weighted by molar-refractivity contribution is 0.475. The Bertz CT molecular complexity index is 716. The van der Waals surface area contributed by atoms with Crippen LogP contribution in [0, 0.1) is 10.5 Å². The van der Waals surface area contributed by atoms with Crippen molar-refractivity contribution >= 4 is 28.2 Å². The number of imidazole rings is 1. The number of pyridine rings is 1. The molecule has 0 aliphatic rings. The maximum Gasteiger partial charge on any atom is 0.137 e. The number of hydrogen-bond donors (Lipinski definition) is 1. The van der Waals surface area contributed by atoms with E-state index in [1.807, 2.05) is 24.3 Å². The molecule has 0 spiro atoms.